The Morgan fingerprint density at radius 2 is 2.20 bits per heavy atom. The van der Waals surface area contributed by atoms with Crippen LogP contribution < -0.4 is 0 Å². The zero-order chi connectivity index (χ0) is 10.9. The number of esters is 1. The lowest BCUT2D eigenvalue weighted by atomic mass is 9.92. The Kier molecular flexibility index (Phi) is 2.65. The summed E-state index contributed by atoms with van der Waals surface area (Å²) in [4.78, 5) is 11.1. The third kappa shape index (κ3) is 1.72. The van der Waals surface area contributed by atoms with Gasteiger partial charge in [-0.3, -0.25) is 4.79 Å². The number of halogens is 2. The van der Waals surface area contributed by atoms with Crippen molar-refractivity contribution in [1.82, 2.24) is 0 Å². The normalized spacial score (nSPS) is 25.3. The van der Waals surface area contributed by atoms with E-state index in [0.717, 1.165) is 0 Å². The highest BCUT2D eigenvalue weighted by atomic mass is 35.5. The first-order valence-electron chi connectivity index (χ1n) is 4.71. The monoisotopic (exact) mass is 228 g/mol. The highest BCUT2D eigenvalue weighted by molar-refractivity contribution is 6.18. The van der Waals surface area contributed by atoms with E-state index in [1.54, 1.807) is 18.2 Å². The Labute approximate surface area is 92.0 Å². The van der Waals surface area contributed by atoms with Crippen molar-refractivity contribution < 1.29 is 13.9 Å². The van der Waals surface area contributed by atoms with Crippen LogP contribution in [0, 0.1) is 5.82 Å². The molecule has 1 aliphatic rings. The Hall–Kier alpha value is -1.09. The van der Waals surface area contributed by atoms with Gasteiger partial charge in [-0.15, -0.1) is 11.6 Å². The summed E-state index contributed by atoms with van der Waals surface area (Å²) in [5.41, 5.74) is -0.602. The summed E-state index contributed by atoms with van der Waals surface area (Å²) < 4.78 is 18.7. The molecule has 0 aromatic heterocycles. The molecule has 2 rings (SSSR count). The van der Waals surface area contributed by atoms with E-state index in [4.69, 9.17) is 16.3 Å². The molecule has 1 aliphatic heterocycles. The summed E-state index contributed by atoms with van der Waals surface area (Å²) in [6.45, 7) is 0. The number of carbonyl (C=O) groups excluding carboxylic acids is 1. The zero-order valence-corrected chi connectivity index (χ0v) is 8.76. The molecule has 1 aromatic rings. The van der Waals surface area contributed by atoms with Crippen LogP contribution in [-0.4, -0.2) is 11.8 Å². The third-order valence-electron chi connectivity index (χ3n) is 2.62. The lowest BCUT2D eigenvalue weighted by Gasteiger charge is -2.25. The second kappa shape index (κ2) is 3.81. The first-order valence-corrected chi connectivity index (χ1v) is 5.24. The molecule has 0 unspecified atom stereocenters. The molecule has 0 aliphatic carbocycles. The van der Waals surface area contributed by atoms with Gasteiger partial charge in [0.25, 0.3) is 0 Å². The predicted molar refractivity (Wildman–Crippen MR) is 54.1 cm³/mol. The summed E-state index contributed by atoms with van der Waals surface area (Å²) in [6, 6.07) is 6.25. The molecule has 2 nitrogen and oxygen atoms in total. The molecule has 1 atom stereocenters. The molecule has 0 N–H and O–H groups in total. The van der Waals surface area contributed by atoms with Crippen LogP contribution in [0.3, 0.4) is 0 Å². The third-order valence-corrected chi connectivity index (χ3v) is 3.05. The number of hydrogen-bond donors (Lipinski definition) is 0. The topological polar surface area (TPSA) is 26.3 Å². The Morgan fingerprint density at radius 3 is 2.73 bits per heavy atom. The molecule has 1 fully saturated rings. The summed E-state index contributed by atoms with van der Waals surface area (Å²) in [5.74, 6) is -0.619. The number of alkyl halides is 1. The molecule has 0 saturated carbocycles. The van der Waals surface area contributed by atoms with Crippen LogP contribution in [0.2, 0.25) is 0 Å². The van der Waals surface area contributed by atoms with Gasteiger partial charge in [0.2, 0.25) is 0 Å². The minimum atomic E-state index is -0.968. The molecule has 1 heterocycles. The highest BCUT2D eigenvalue weighted by Gasteiger charge is 2.42. The summed E-state index contributed by atoms with van der Waals surface area (Å²) >= 11 is 5.79. The Morgan fingerprint density at radius 1 is 1.47 bits per heavy atom. The minimum Gasteiger partial charge on any atom is -0.453 e. The SMILES string of the molecule is O=C1CC[C@@](CCl)(c2ccccc2F)O1. The second-order valence-electron chi connectivity index (χ2n) is 3.58. The van der Waals surface area contributed by atoms with E-state index in [1.807, 2.05) is 0 Å². The van der Waals surface area contributed by atoms with Gasteiger partial charge in [0.1, 0.15) is 5.82 Å². The van der Waals surface area contributed by atoms with E-state index < -0.39 is 5.60 Å². The van der Waals surface area contributed by atoms with E-state index in [1.165, 1.54) is 6.07 Å². The van der Waals surface area contributed by atoms with Crippen LogP contribution in [0.15, 0.2) is 24.3 Å². The maximum absolute atomic E-state index is 13.6. The van der Waals surface area contributed by atoms with Gasteiger partial charge in [-0.05, 0) is 6.07 Å². The van der Waals surface area contributed by atoms with Crippen LogP contribution in [0.1, 0.15) is 18.4 Å². The van der Waals surface area contributed by atoms with E-state index in [-0.39, 0.29) is 17.7 Å². The number of carbonyl (C=O) groups is 1. The number of benzene rings is 1. The zero-order valence-electron chi connectivity index (χ0n) is 8.00. The summed E-state index contributed by atoms with van der Waals surface area (Å²) in [6.07, 6.45) is 0.733. The fourth-order valence-electron chi connectivity index (χ4n) is 1.81. The van der Waals surface area contributed by atoms with Gasteiger partial charge >= 0.3 is 5.97 Å². The average molecular weight is 229 g/mol. The number of rotatable bonds is 2. The quantitative estimate of drug-likeness (QED) is 0.575. The van der Waals surface area contributed by atoms with Crippen LogP contribution in [0.25, 0.3) is 0 Å². The lowest BCUT2D eigenvalue weighted by molar-refractivity contribution is -0.147. The fraction of sp³-hybridized carbons (Fsp3) is 0.364. The fourth-order valence-corrected chi connectivity index (χ4v) is 2.14. The van der Waals surface area contributed by atoms with E-state index in [0.29, 0.717) is 18.4 Å². The first kappa shape index (κ1) is 10.4. The summed E-state index contributed by atoms with van der Waals surface area (Å²) in [5, 5.41) is 0. The average Bonchev–Trinajstić information content (AvgIpc) is 2.62. The molecule has 1 saturated heterocycles. The van der Waals surface area contributed by atoms with Crippen molar-refractivity contribution in [2.45, 2.75) is 18.4 Å². The molecule has 15 heavy (non-hydrogen) atoms. The molecule has 80 valence electrons. The summed E-state index contributed by atoms with van der Waals surface area (Å²) in [7, 11) is 0. The predicted octanol–water partition coefficient (Wildman–Crippen LogP) is 2.60. The van der Waals surface area contributed by atoms with Gasteiger partial charge in [0, 0.05) is 18.4 Å². The van der Waals surface area contributed by atoms with Crippen LogP contribution in [0.5, 0.6) is 0 Å². The standard InChI is InChI=1S/C11H10ClFO2/c12-7-11(6-5-10(14)15-11)8-3-1-2-4-9(8)13/h1-4H,5-7H2/t11-/m1/s1. The number of ether oxygens (including phenoxy) is 1. The lowest BCUT2D eigenvalue weighted by Crippen LogP contribution is -2.28. The van der Waals surface area contributed by atoms with Crippen molar-refractivity contribution in [2.75, 3.05) is 5.88 Å². The molecule has 0 bridgehead atoms. The Balaban J connectivity index is 2.43. The molecule has 4 heteroatoms. The number of cyclic esters (lactones) is 1. The van der Waals surface area contributed by atoms with Gasteiger partial charge in [-0.2, -0.15) is 0 Å². The second-order valence-corrected chi connectivity index (χ2v) is 3.85. The van der Waals surface area contributed by atoms with E-state index in [2.05, 4.69) is 0 Å². The minimum absolute atomic E-state index is 0.0830. The molecule has 0 amide bonds. The molecule has 0 spiro atoms. The largest absolute Gasteiger partial charge is 0.453 e. The van der Waals surface area contributed by atoms with Gasteiger partial charge < -0.3 is 4.74 Å². The highest BCUT2D eigenvalue weighted by Crippen LogP contribution is 2.38. The van der Waals surface area contributed by atoms with Gasteiger partial charge in [-0.25, -0.2) is 4.39 Å². The van der Waals surface area contributed by atoms with Crippen LogP contribution in [-0.2, 0) is 15.1 Å². The molecule has 1 aromatic carbocycles. The van der Waals surface area contributed by atoms with Crippen molar-refractivity contribution in [1.29, 1.82) is 0 Å². The maximum Gasteiger partial charge on any atom is 0.306 e. The Bertz CT molecular complexity index is 394. The van der Waals surface area contributed by atoms with E-state index in [9.17, 15) is 9.18 Å². The van der Waals surface area contributed by atoms with Crippen molar-refractivity contribution in [2.24, 2.45) is 0 Å². The molecular weight excluding hydrogens is 219 g/mol. The van der Waals surface area contributed by atoms with Crippen molar-refractivity contribution in [3.63, 3.8) is 0 Å². The van der Waals surface area contributed by atoms with E-state index >= 15 is 0 Å². The smallest absolute Gasteiger partial charge is 0.306 e. The van der Waals surface area contributed by atoms with Crippen molar-refractivity contribution in [3.05, 3.63) is 35.6 Å². The van der Waals surface area contributed by atoms with Crippen molar-refractivity contribution in [3.8, 4) is 0 Å². The first-order chi connectivity index (χ1) is 7.18. The van der Waals surface area contributed by atoms with Gasteiger partial charge in [0.05, 0.1) is 5.88 Å². The van der Waals surface area contributed by atoms with Crippen LogP contribution >= 0.6 is 11.6 Å². The van der Waals surface area contributed by atoms with Crippen LogP contribution in [0.4, 0.5) is 4.39 Å². The number of hydrogen-bond acceptors (Lipinski definition) is 2. The van der Waals surface area contributed by atoms with Gasteiger partial charge in [0.15, 0.2) is 5.60 Å². The molecule has 0 radical (unpaired) electrons. The van der Waals surface area contributed by atoms with Crippen molar-refractivity contribution >= 4 is 17.6 Å². The van der Waals surface area contributed by atoms with Gasteiger partial charge in [-0.1, -0.05) is 18.2 Å². The maximum atomic E-state index is 13.6. The molecular formula is C11H10ClFO2.